The fourth-order valence-electron chi connectivity index (χ4n) is 4.31. The number of fused-ring (bicyclic) bond motifs is 1. The zero-order valence-corrected chi connectivity index (χ0v) is 17.5. The summed E-state index contributed by atoms with van der Waals surface area (Å²) in [7, 11) is -2.72. The van der Waals surface area contributed by atoms with Crippen LogP contribution in [-0.2, 0) is 24.1 Å². The van der Waals surface area contributed by atoms with E-state index in [-0.39, 0.29) is 29.6 Å². The van der Waals surface area contributed by atoms with E-state index in [2.05, 4.69) is 0 Å². The summed E-state index contributed by atoms with van der Waals surface area (Å²) in [5.74, 6) is -0.912. The average Bonchev–Trinajstić information content (AvgIpc) is 3.17. The molecule has 0 bridgehead atoms. The van der Waals surface area contributed by atoms with Crippen LogP contribution in [0.1, 0.15) is 33.6 Å². The first-order chi connectivity index (χ1) is 13.0. The monoisotopic (exact) mass is 409 g/mol. The number of amides is 1. The highest BCUT2D eigenvalue weighted by molar-refractivity contribution is 7.93. The van der Waals surface area contributed by atoms with Gasteiger partial charge >= 0.3 is 12.1 Å². The summed E-state index contributed by atoms with van der Waals surface area (Å²) in [4.78, 5) is 26.8. The van der Waals surface area contributed by atoms with Crippen molar-refractivity contribution >= 4 is 21.9 Å². The molecule has 2 fully saturated rings. The van der Waals surface area contributed by atoms with Gasteiger partial charge in [0, 0.05) is 13.1 Å². The second-order valence-corrected chi connectivity index (χ2v) is 10.9. The zero-order valence-electron chi connectivity index (χ0n) is 16.7. The summed E-state index contributed by atoms with van der Waals surface area (Å²) in [5.41, 5.74) is -0.596. The normalized spacial score (nSPS) is 27.4. The second-order valence-electron chi connectivity index (χ2n) is 8.62. The fraction of sp³-hybridized carbons (Fsp3) is 0.600. The van der Waals surface area contributed by atoms with E-state index in [4.69, 9.17) is 9.47 Å². The molecule has 1 aliphatic carbocycles. The minimum Gasteiger partial charge on any atom is -0.468 e. The van der Waals surface area contributed by atoms with Crippen molar-refractivity contribution in [1.29, 1.82) is 0 Å². The lowest BCUT2D eigenvalue weighted by Crippen LogP contribution is -2.47. The van der Waals surface area contributed by atoms with Crippen molar-refractivity contribution in [3.8, 4) is 0 Å². The molecule has 1 aromatic carbocycles. The SMILES string of the molecule is COC(=O)C1(S(=O)(=O)c2ccccc2)C[C@H]2CN(C(=O)OC(C)(C)C)C[C@H]2C1. The zero-order chi connectivity index (χ0) is 20.7. The molecule has 1 saturated heterocycles. The predicted octanol–water partition coefficient (Wildman–Crippen LogP) is 2.65. The number of methoxy groups -OCH3 is 1. The minimum absolute atomic E-state index is 0.0925. The Morgan fingerprint density at radius 3 is 2.07 bits per heavy atom. The van der Waals surface area contributed by atoms with Gasteiger partial charge < -0.3 is 14.4 Å². The maximum Gasteiger partial charge on any atom is 0.410 e. The van der Waals surface area contributed by atoms with E-state index in [1.54, 1.807) is 43.9 Å². The average molecular weight is 410 g/mol. The van der Waals surface area contributed by atoms with E-state index >= 15 is 0 Å². The molecule has 1 amide bonds. The molecular weight excluding hydrogens is 382 g/mol. The van der Waals surface area contributed by atoms with Crippen LogP contribution in [0, 0.1) is 11.8 Å². The maximum absolute atomic E-state index is 13.4. The molecule has 1 unspecified atom stereocenters. The Labute approximate surface area is 165 Å². The Bertz CT molecular complexity index is 844. The lowest BCUT2D eigenvalue weighted by Gasteiger charge is -2.29. The van der Waals surface area contributed by atoms with Crippen molar-refractivity contribution in [2.45, 2.75) is 48.9 Å². The molecule has 28 heavy (non-hydrogen) atoms. The molecule has 1 saturated carbocycles. The number of benzene rings is 1. The number of rotatable bonds is 3. The Morgan fingerprint density at radius 2 is 1.61 bits per heavy atom. The number of nitrogens with zero attached hydrogens (tertiary/aromatic N) is 1. The van der Waals surface area contributed by atoms with Gasteiger partial charge in [0.1, 0.15) is 5.60 Å². The molecule has 0 N–H and O–H groups in total. The summed E-state index contributed by atoms with van der Waals surface area (Å²) >= 11 is 0. The molecular formula is C20H27NO6S. The Balaban J connectivity index is 1.85. The van der Waals surface area contributed by atoms with Crippen molar-refractivity contribution in [2.24, 2.45) is 11.8 Å². The van der Waals surface area contributed by atoms with E-state index in [0.29, 0.717) is 13.1 Å². The second kappa shape index (κ2) is 7.06. The lowest BCUT2D eigenvalue weighted by molar-refractivity contribution is -0.143. The van der Waals surface area contributed by atoms with Crippen LogP contribution in [0.3, 0.4) is 0 Å². The first-order valence-corrected chi connectivity index (χ1v) is 10.8. The number of ether oxygens (including phenoxy) is 2. The topological polar surface area (TPSA) is 90.0 Å². The molecule has 0 aromatic heterocycles. The standard InChI is InChI=1S/C20H27NO6S/c1-19(2,3)27-18(23)21-12-14-10-20(17(22)26-4,11-15(14)13-21)28(24,25)16-8-6-5-7-9-16/h5-9,14-15H,10-13H2,1-4H3/t14-,15+,20?. The summed E-state index contributed by atoms with van der Waals surface area (Å²) in [6, 6.07) is 8.00. The fourth-order valence-corrected chi connectivity index (χ4v) is 6.45. The van der Waals surface area contributed by atoms with Gasteiger partial charge in [0.25, 0.3) is 0 Å². The van der Waals surface area contributed by atoms with Gasteiger partial charge in [-0.05, 0) is 57.6 Å². The highest BCUT2D eigenvalue weighted by Gasteiger charge is 2.62. The van der Waals surface area contributed by atoms with E-state index in [1.807, 2.05) is 0 Å². The molecule has 2 aliphatic rings. The van der Waals surface area contributed by atoms with Crippen LogP contribution in [0.25, 0.3) is 0 Å². The molecule has 0 radical (unpaired) electrons. The predicted molar refractivity (Wildman–Crippen MR) is 102 cm³/mol. The van der Waals surface area contributed by atoms with E-state index < -0.39 is 32.2 Å². The maximum atomic E-state index is 13.4. The van der Waals surface area contributed by atoms with Gasteiger partial charge in [-0.15, -0.1) is 0 Å². The first-order valence-electron chi connectivity index (χ1n) is 9.36. The van der Waals surface area contributed by atoms with Crippen molar-refractivity contribution in [3.63, 3.8) is 0 Å². The Hall–Kier alpha value is -2.09. The van der Waals surface area contributed by atoms with Gasteiger partial charge in [-0.2, -0.15) is 0 Å². The number of hydrogen-bond acceptors (Lipinski definition) is 6. The quantitative estimate of drug-likeness (QED) is 0.713. The largest absolute Gasteiger partial charge is 0.468 e. The smallest absolute Gasteiger partial charge is 0.410 e. The van der Waals surface area contributed by atoms with Crippen LogP contribution >= 0.6 is 0 Å². The number of likely N-dealkylation sites (tertiary alicyclic amines) is 1. The number of carbonyl (C=O) groups excluding carboxylic acids is 2. The summed E-state index contributed by atoms with van der Waals surface area (Å²) in [6.45, 7) is 6.16. The molecule has 154 valence electrons. The molecule has 3 atom stereocenters. The van der Waals surface area contributed by atoms with Crippen molar-refractivity contribution in [3.05, 3.63) is 30.3 Å². The number of sulfone groups is 1. The molecule has 0 spiro atoms. The third kappa shape index (κ3) is 3.50. The van der Waals surface area contributed by atoms with Crippen molar-refractivity contribution in [2.75, 3.05) is 20.2 Å². The van der Waals surface area contributed by atoms with Gasteiger partial charge in [-0.25, -0.2) is 13.2 Å². The van der Waals surface area contributed by atoms with Gasteiger partial charge in [-0.3, -0.25) is 4.79 Å². The van der Waals surface area contributed by atoms with Crippen molar-refractivity contribution < 1.29 is 27.5 Å². The van der Waals surface area contributed by atoms with Crippen LogP contribution < -0.4 is 0 Å². The molecule has 1 heterocycles. The molecule has 1 aromatic rings. The number of carbonyl (C=O) groups is 2. The van der Waals surface area contributed by atoms with Crippen LogP contribution in [0.2, 0.25) is 0 Å². The third-order valence-corrected chi connectivity index (χ3v) is 7.96. The van der Waals surface area contributed by atoms with Crippen molar-refractivity contribution in [1.82, 2.24) is 4.90 Å². The highest BCUT2D eigenvalue weighted by atomic mass is 32.2. The number of esters is 1. The van der Waals surface area contributed by atoms with E-state index in [9.17, 15) is 18.0 Å². The van der Waals surface area contributed by atoms with Crippen LogP contribution in [0.4, 0.5) is 4.79 Å². The molecule has 1 aliphatic heterocycles. The van der Waals surface area contributed by atoms with Crippen LogP contribution in [0.5, 0.6) is 0 Å². The summed E-state index contributed by atoms with van der Waals surface area (Å²) in [5, 5.41) is 0. The molecule has 3 rings (SSSR count). The lowest BCUT2D eigenvalue weighted by atomic mass is 10.0. The Morgan fingerprint density at radius 1 is 1.07 bits per heavy atom. The van der Waals surface area contributed by atoms with Gasteiger partial charge in [0.15, 0.2) is 14.6 Å². The third-order valence-electron chi connectivity index (χ3n) is 5.54. The highest BCUT2D eigenvalue weighted by Crippen LogP contribution is 2.50. The first kappa shape index (κ1) is 20.6. The molecule has 8 heteroatoms. The van der Waals surface area contributed by atoms with E-state index in [1.165, 1.54) is 19.2 Å². The van der Waals surface area contributed by atoms with Crippen LogP contribution in [-0.4, -0.2) is 55.9 Å². The molecule has 7 nitrogen and oxygen atoms in total. The van der Waals surface area contributed by atoms with Gasteiger partial charge in [0.2, 0.25) is 0 Å². The minimum atomic E-state index is -3.93. The van der Waals surface area contributed by atoms with Gasteiger partial charge in [0.05, 0.1) is 12.0 Å². The van der Waals surface area contributed by atoms with Gasteiger partial charge in [-0.1, -0.05) is 18.2 Å². The Kier molecular flexibility index (Phi) is 5.20. The number of hydrogen-bond donors (Lipinski definition) is 0. The summed E-state index contributed by atoms with van der Waals surface area (Å²) in [6.07, 6.45) is -0.127. The van der Waals surface area contributed by atoms with E-state index in [0.717, 1.165) is 0 Å². The van der Waals surface area contributed by atoms with Crippen LogP contribution in [0.15, 0.2) is 35.2 Å². The summed E-state index contributed by atoms with van der Waals surface area (Å²) < 4.78 is 35.5.